The second-order valence-electron chi connectivity index (χ2n) is 8.20. The van der Waals surface area contributed by atoms with Gasteiger partial charge in [0.1, 0.15) is 11.5 Å². The number of methoxy groups -OCH3 is 1. The SMILES string of the molecule is COc1ccccc1C(=O)N1CCC[C@@H](COc2ccc(C(=O)N3CCOCC3)cc2)C1. The maximum absolute atomic E-state index is 13.0. The van der Waals surface area contributed by atoms with Gasteiger partial charge in [0, 0.05) is 37.7 Å². The number of hydrogen-bond donors (Lipinski definition) is 0. The lowest BCUT2D eigenvalue weighted by molar-refractivity contribution is 0.0303. The van der Waals surface area contributed by atoms with Crippen LogP contribution in [0.15, 0.2) is 48.5 Å². The largest absolute Gasteiger partial charge is 0.496 e. The van der Waals surface area contributed by atoms with Gasteiger partial charge in [-0.15, -0.1) is 0 Å². The zero-order valence-electron chi connectivity index (χ0n) is 18.5. The molecule has 4 rings (SSSR count). The Bertz CT molecular complexity index is 924. The Kier molecular flexibility index (Phi) is 7.27. The number of benzene rings is 2. The molecule has 1 atom stereocenters. The number of carbonyl (C=O) groups excluding carboxylic acids is 2. The van der Waals surface area contributed by atoms with Crippen LogP contribution in [0.4, 0.5) is 0 Å². The molecule has 0 radical (unpaired) electrons. The molecule has 7 nitrogen and oxygen atoms in total. The first kappa shape index (κ1) is 22.1. The van der Waals surface area contributed by atoms with Crippen molar-refractivity contribution >= 4 is 11.8 Å². The Morgan fingerprint density at radius 3 is 2.47 bits per heavy atom. The first-order valence-corrected chi connectivity index (χ1v) is 11.2. The van der Waals surface area contributed by atoms with Gasteiger partial charge in [-0.1, -0.05) is 12.1 Å². The second kappa shape index (κ2) is 10.5. The van der Waals surface area contributed by atoms with Gasteiger partial charge in [-0.3, -0.25) is 9.59 Å². The number of para-hydroxylation sites is 1. The number of amides is 2. The Balaban J connectivity index is 1.31. The summed E-state index contributed by atoms with van der Waals surface area (Å²) in [6.45, 7) is 4.37. The van der Waals surface area contributed by atoms with Gasteiger partial charge in [0.05, 0.1) is 32.5 Å². The third kappa shape index (κ3) is 5.22. The Labute approximate surface area is 188 Å². The van der Waals surface area contributed by atoms with Crippen LogP contribution < -0.4 is 9.47 Å². The van der Waals surface area contributed by atoms with Crippen molar-refractivity contribution in [3.05, 3.63) is 59.7 Å². The van der Waals surface area contributed by atoms with Gasteiger partial charge in [-0.25, -0.2) is 0 Å². The maximum Gasteiger partial charge on any atom is 0.257 e. The first-order valence-electron chi connectivity index (χ1n) is 11.2. The summed E-state index contributed by atoms with van der Waals surface area (Å²) in [6, 6.07) is 14.6. The van der Waals surface area contributed by atoms with E-state index in [2.05, 4.69) is 0 Å². The highest BCUT2D eigenvalue weighted by molar-refractivity contribution is 5.97. The van der Waals surface area contributed by atoms with Crippen molar-refractivity contribution in [3.8, 4) is 11.5 Å². The van der Waals surface area contributed by atoms with Crippen LogP contribution in [0.1, 0.15) is 33.6 Å². The van der Waals surface area contributed by atoms with Crippen molar-refractivity contribution in [3.63, 3.8) is 0 Å². The van der Waals surface area contributed by atoms with Crippen LogP contribution in [0.25, 0.3) is 0 Å². The highest BCUT2D eigenvalue weighted by atomic mass is 16.5. The molecule has 0 unspecified atom stereocenters. The number of rotatable bonds is 6. The van der Waals surface area contributed by atoms with Crippen molar-refractivity contribution in [2.75, 3.05) is 53.1 Å². The normalized spacial score (nSPS) is 18.8. The van der Waals surface area contributed by atoms with Crippen molar-refractivity contribution in [1.82, 2.24) is 9.80 Å². The average Bonchev–Trinajstić information content (AvgIpc) is 2.87. The van der Waals surface area contributed by atoms with Crippen LogP contribution in [0, 0.1) is 5.92 Å². The topological polar surface area (TPSA) is 68.3 Å². The van der Waals surface area contributed by atoms with Crippen LogP contribution in [-0.4, -0.2) is 74.7 Å². The molecule has 0 bridgehead atoms. The molecular weight excluding hydrogens is 408 g/mol. The predicted molar refractivity (Wildman–Crippen MR) is 120 cm³/mol. The van der Waals surface area contributed by atoms with Crippen molar-refractivity contribution in [2.45, 2.75) is 12.8 Å². The molecule has 2 heterocycles. The molecule has 7 heteroatoms. The lowest BCUT2D eigenvalue weighted by Gasteiger charge is -2.33. The molecule has 2 aliphatic heterocycles. The summed E-state index contributed by atoms with van der Waals surface area (Å²) < 4.78 is 16.7. The van der Waals surface area contributed by atoms with Crippen LogP contribution in [0.3, 0.4) is 0 Å². The monoisotopic (exact) mass is 438 g/mol. The molecule has 0 aromatic heterocycles. The third-order valence-electron chi connectivity index (χ3n) is 6.03. The van der Waals surface area contributed by atoms with E-state index in [4.69, 9.17) is 14.2 Å². The molecule has 2 aromatic carbocycles. The summed E-state index contributed by atoms with van der Waals surface area (Å²) in [4.78, 5) is 29.3. The van der Waals surface area contributed by atoms with Gasteiger partial charge in [0.25, 0.3) is 11.8 Å². The fraction of sp³-hybridized carbons (Fsp3) is 0.440. The number of piperidine rings is 1. The van der Waals surface area contributed by atoms with Crippen LogP contribution >= 0.6 is 0 Å². The molecule has 2 aliphatic rings. The summed E-state index contributed by atoms with van der Waals surface area (Å²) in [5, 5.41) is 0. The van der Waals surface area contributed by atoms with Gasteiger partial charge in [-0.2, -0.15) is 0 Å². The second-order valence-corrected chi connectivity index (χ2v) is 8.20. The molecule has 2 fully saturated rings. The van der Waals surface area contributed by atoms with Crippen molar-refractivity contribution in [2.24, 2.45) is 5.92 Å². The molecule has 2 aromatic rings. The molecule has 2 saturated heterocycles. The lowest BCUT2D eigenvalue weighted by Crippen LogP contribution is -2.41. The number of nitrogens with zero attached hydrogens (tertiary/aromatic N) is 2. The maximum atomic E-state index is 13.0. The van der Waals surface area contributed by atoms with Gasteiger partial charge >= 0.3 is 0 Å². The fourth-order valence-electron chi connectivity index (χ4n) is 4.23. The molecule has 2 amide bonds. The van der Waals surface area contributed by atoms with E-state index in [0.29, 0.717) is 56.3 Å². The average molecular weight is 439 g/mol. The van der Waals surface area contributed by atoms with Gasteiger partial charge in [0.15, 0.2) is 0 Å². The Morgan fingerprint density at radius 2 is 1.72 bits per heavy atom. The molecule has 32 heavy (non-hydrogen) atoms. The van der Waals surface area contributed by atoms with E-state index >= 15 is 0 Å². The van der Waals surface area contributed by atoms with E-state index in [1.54, 1.807) is 13.2 Å². The number of hydrogen-bond acceptors (Lipinski definition) is 5. The summed E-state index contributed by atoms with van der Waals surface area (Å²) in [5.41, 5.74) is 1.25. The third-order valence-corrected chi connectivity index (χ3v) is 6.03. The molecule has 0 saturated carbocycles. The van der Waals surface area contributed by atoms with Crippen LogP contribution in [-0.2, 0) is 4.74 Å². The summed E-state index contributed by atoms with van der Waals surface area (Å²) in [7, 11) is 1.58. The zero-order chi connectivity index (χ0) is 22.3. The van der Waals surface area contributed by atoms with E-state index in [-0.39, 0.29) is 17.7 Å². The zero-order valence-corrected chi connectivity index (χ0v) is 18.5. The smallest absolute Gasteiger partial charge is 0.257 e. The van der Waals surface area contributed by atoms with Gasteiger partial charge in [0.2, 0.25) is 0 Å². The summed E-state index contributed by atoms with van der Waals surface area (Å²) >= 11 is 0. The van der Waals surface area contributed by atoms with Gasteiger partial charge < -0.3 is 24.0 Å². The minimum Gasteiger partial charge on any atom is -0.496 e. The molecule has 170 valence electrons. The highest BCUT2D eigenvalue weighted by Crippen LogP contribution is 2.24. The lowest BCUT2D eigenvalue weighted by atomic mass is 9.98. The van der Waals surface area contributed by atoms with Crippen LogP contribution in [0.2, 0.25) is 0 Å². The quantitative estimate of drug-likeness (QED) is 0.693. The molecule has 0 spiro atoms. The minimum absolute atomic E-state index is 0.00173. The fourth-order valence-corrected chi connectivity index (χ4v) is 4.23. The highest BCUT2D eigenvalue weighted by Gasteiger charge is 2.26. The number of likely N-dealkylation sites (tertiary alicyclic amines) is 1. The standard InChI is InChI=1S/C25H30N2O5/c1-30-23-7-3-2-6-22(23)25(29)27-12-4-5-19(17-27)18-32-21-10-8-20(9-11-21)24(28)26-13-15-31-16-14-26/h2-3,6-11,19H,4-5,12-18H2,1H3/t19-/m1/s1. The first-order chi connectivity index (χ1) is 15.7. The summed E-state index contributed by atoms with van der Waals surface area (Å²) in [5.74, 6) is 1.62. The Hall–Kier alpha value is -3.06. The molecular formula is C25H30N2O5. The van der Waals surface area contributed by atoms with Crippen molar-refractivity contribution < 1.29 is 23.8 Å². The van der Waals surface area contributed by atoms with Crippen LogP contribution in [0.5, 0.6) is 11.5 Å². The number of morpholine rings is 1. The van der Waals surface area contributed by atoms with Crippen molar-refractivity contribution in [1.29, 1.82) is 0 Å². The van der Waals surface area contributed by atoms with E-state index in [1.165, 1.54) is 0 Å². The van der Waals surface area contributed by atoms with E-state index < -0.39 is 0 Å². The van der Waals surface area contributed by atoms with E-state index in [0.717, 1.165) is 25.1 Å². The Morgan fingerprint density at radius 1 is 0.969 bits per heavy atom. The molecule has 0 aliphatic carbocycles. The van der Waals surface area contributed by atoms with E-state index in [1.807, 2.05) is 52.3 Å². The molecule has 0 N–H and O–H groups in total. The van der Waals surface area contributed by atoms with Gasteiger partial charge in [-0.05, 0) is 49.2 Å². The predicted octanol–water partition coefficient (Wildman–Crippen LogP) is 3.10. The van der Waals surface area contributed by atoms with E-state index in [9.17, 15) is 9.59 Å². The minimum atomic E-state index is -0.00173. The summed E-state index contributed by atoms with van der Waals surface area (Å²) in [6.07, 6.45) is 1.96. The number of carbonyl (C=O) groups is 2. The number of ether oxygens (including phenoxy) is 3.